The van der Waals surface area contributed by atoms with Crippen molar-refractivity contribution >= 4 is 21.5 Å². The molecule has 0 N–H and O–H groups in total. The number of methoxy groups -OCH3 is 2. The van der Waals surface area contributed by atoms with E-state index in [1.54, 1.807) is 14.2 Å². The number of hydrogen-bond acceptors (Lipinski definition) is 4. The van der Waals surface area contributed by atoms with Gasteiger partial charge in [-0.1, -0.05) is 109 Å². The first kappa shape index (κ1) is 25.6. The van der Waals surface area contributed by atoms with Gasteiger partial charge in [0.1, 0.15) is 11.5 Å². The minimum Gasteiger partial charge on any atom is -0.467 e. The number of rotatable bonds is 9. The second-order valence-corrected chi connectivity index (χ2v) is 9.52. The van der Waals surface area contributed by atoms with Crippen molar-refractivity contribution < 1.29 is 18.9 Å². The largest absolute Gasteiger partial charge is 0.467 e. The van der Waals surface area contributed by atoms with Crippen LogP contribution in [0.25, 0.3) is 54.9 Å². The molecule has 4 heteroatoms. The summed E-state index contributed by atoms with van der Waals surface area (Å²) in [6.45, 7) is 0.248. The number of para-hydroxylation sites is 1. The quantitative estimate of drug-likeness (QED) is 0.176. The third kappa shape index (κ3) is 4.79. The van der Waals surface area contributed by atoms with Gasteiger partial charge in [0, 0.05) is 36.5 Å². The van der Waals surface area contributed by atoms with Gasteiger partial charge in [0.05, 0.1) is 0 Å². The summed E-state index contributed by atoms with van der Waals surface area (Å²) < 4.78 is 23.2. The maximum Gasteiger partial charge on any atom is 0.188 e. The zero-order valence-corrected chi connectivity index (χ0v) is 22.6. The molecule has 6 aromatic carbocycles. The molecule has 6 rings (SSSR count). The van der Waals surface area contributed by atoms with Crippen molar-refractivity contribution in [3.63, 3.8) is 0 Å². The molecule has 6 aromatic rings. The molecule has 0 spiro atoms. The van der Waals surface area contributed by atoms with E-state index in [0.29, 0.717) is 5.75 Å². The Morgan fingerprint density at radius 3 is 1.88 bits per heavy atom. The van der Waals surface area contributed by atoms with Crippen molar-refractivity contribution in [2.75, 3.05) is 27.8 Å². The Hall–Kier alpha value is -4.64. The molecule has 0 saturated carbocycles. The van der Waals surface area contributed by atoms with Gasteiger partial charge >= 0.3 is 0 Å². The predicted molar refractivity (Wildman–Crippen MR) is 163 cm³/mol. The smallest absolute Gasteiger partial charge is 0.188 e. The molecule has 0 amide bonds. The van der Waals surface area contributed by atoms with E-state index >= 15 is 0 Å². The molecule has 0 aliphatic rings. The van der Waals surface area contributed by atoms with Crippen LogP contribution < -0.4 is 9.47 Å². The predicted octanol–water partition coefficient (Wildman–Crippen LogP) is 8.96. The monoisotopic (exact) mass is 526 g/mol. The number of fused-ring (bicyclic) bond motifs is 2. The minimum absolute atomic E-state index is 0.102. The number of hydrogen-bond donors (Lipinski definition) is 0. The molecule has 198 valence electrons. The first-order valence-electron chi connectivity index (χ1n) is 13.3. The van der Waals surface area contributed by atoms with Crippen LogP contribution in [0.1, 0.15) is 0 Å². The Bertz CT molecular complexity index is 1780. The van der Waals surface area contributed by atoms with Gasteiger partial charge in [-0.25, -0.2) is 0 Å². The average molecular weight is 527 g/mol. The van der Waals surface area contributed by atoms with Crippen molar-refractivity contribution in [1.29, 1.82) is 0 Å². The lowest BCUT2D eigenvalue weighted by Crippen LogP contribution is -2.05. The van der Waals surface area contributed by atoms with Crippen molar-refractivity contribution in [2.24, 2.45) is 0 Å². The van der Waals surface area contributed by atoms with E-state index in [1.165, 1.54) is 0 Å². The molecule has 0 heterocycles. The molecule has 0 saturated heterocycles. The zero-order valence-electron chi connectivity index (χ0n) is 22.6. The molecule has 4 nitrogen and oxygen atoms in total. The molecule has 0 aliphatic heterocycles. The summed E-state index contributed by atoms with van der Waals surface area (Å²) in [6, 6.07) is 42.0. The summed E-state index contributed by atoms with van der Waals surface area (Å²) in [5.74, 6) is 1.46. The van der Waals surface area contributed by atoms with E-state index in [4.69, 9.17) is 18.9 Å². The Labute approximate surface area is 234 Å². The zero-order chi connectivity index (χ0) is 27.3. The van der Waals surface area contributed by atoms with Crippen LogP contribution in [-0.4, -0.2) is 27.8 Å². The van der Waals surface area contributed by atoms with Crippen LogP contribution in [0.4, 0.5) is 0 Å². The summed E-state index contributed by atoms with van der Waals surface area (Å²) in [5.41, 5.74) is 6.24. The molecule has 0 fully saturated rings. The number of ether oxygens (including phenoxy) is 4. The maximum absolute atomic E-state index is 6.52. The molecular weight excluding hydrogens is 496 g/mol. The topological polar surface area (TPSA) is 36.9 Å². The Morgan fingerprint density at radius 2 is 1.10 bits per heavy atom. The average Bonchev–Trinajstić information content (AvgIpc) is 3.02. The van der Waals surface area contributed by atoms with E-state index in [9.17, 15) is 0 Å². The van der Waals surface area contributed by atoms with Crippen LogP contribution in [0, 0.1) is 0 Å². The van der Waals surface area contributed by atoms with Gasteiger partial charge in [-0.3, -0.25) is 0 Å². The highest BCUT2D eigenvalue weighted by Gasteiger charge is 2.24. The molecule has 40 heavy (non-hydrogen) atoms. The summed E-state index contributed by atoms with van der Waals surface area (Å²) in [5, 5.41) is 4.51. The van der Waals surface area contributed by atoms with Crippen molar-refractivity contribution in [3.05, 3.63) is 121 Å². The lowest BCUT2D eigenvalue weighted by atomic mass is 9.85. The fourth-order valence-corrected chi connectivity index (χ4v) is 5.38. The van der Waals surface area contributed by atoms with E-state index in [-0.39, 0.29) is 13.6 Å². The maximum atomic E-state index is 6.52. The SMILES string of the molecule is COCOc1ccccc1-c1cc2ccccc2c(-c2c(-c3ccccc3)ccc3ccccc23)c1OCOC. The van der Waals surface area contributed by atoms with Crippen molar-refractivity contribution in [3.8, 4) is 44.9 Å². The Balaban J connectivity index is 1.77. The molecule has 0 aromatic heterocycles. The minimum atomic E-state index is 0.102. The molecule has 0 atom stereocenters. The first-order valence-corrected chi connectivity index (χ1v) is 13.3. The molecule has 0 unspecified atom stereocenters. The number of benzene rings is 6. The van der Waals surface area contributed by atoms with Crippen LogP contribution in [0.3, 0.4) is 0 Å². The first-order chi connectivity index (χ1) is 19.8. The van der Waals surface area contributed by atoms with Gasteiger partial charge in [0.15, 0.2) is 13.6 Å². The highest BCUT2D eigenvalue weighted by atomic mass is 16.7. The second kappa shape index (κ2) is 11.6. The van der Waals surface area contributed by atoms with Crippen molar-refractivity contribution in [2.45, 2.75) is 0 Å². The fraction of sp³-hybridized carbons (Fsp3) is 0.111. The van der Waals surface area contributed by atoms with Crippen LogP contribution in [0.5, 0.6) is 11.5 Å². The van der Waals surface area contributed by atoms with E-state index < -0.39 is 0 Å². The van der Waals surface area contributed by atoms with E-state index in [1.807, 2.05) is 24.3 Å². The summed E-state index contributed by atoms with van der Waals surface area (Å²) in [7, 11) is 3.26. The highest BCUT2D eigenvalue weighted by Crippen LogP contribution is 2.50. The van der Waals surface area contributed by atoms with Crippen molar-refractivity contribution in [1.82, 2.24) is 0 Å². The Kier molecular flexibility index (Phi) is 7.45. The van der Waals surface area contributed by atoms with E-state index in [2.05, 4.69) is 97.1 Å². The van der Waals surface area contributed by atoms with Gasteiger partial charge in [-0.15, -0.1) is 0 Å². The molecule has 0 radical (unpaired) electrons. The van der Waals surface area contributed by atoms with Gasteiger partial charge in [-0.05, 0) is 44.8 Å². The van der Waals surface area contributed by atoms with Gasteiger partial charge in [-0.2, -0.15) is 0 Å². The fourth-order valence-electron chi connectivity index (χ4n) is 5.38. The third-order valence-corrected chi connectivity index (χ3v) is 7.10. The van der Waals surface area contributed by atoms with E-state index in [0.717, 1.165) is 60.7 Å². The Morgan fingerprint density at radius 1 is 0.475 bits per heavy atom. The van der Waals surface area contributed by atoms with Gasteiger partial charge in [0.2, 0.25) is 0 Å². The lowest BCUT2D eigenvalue weighted by Gasteiger charge is -2.23. The standard InChI is InChI=1S/C36H30O4/c1-37-23-39-33-19-11-10-18-31(33)32-22-27-15-7-9-17-29(27)35(36(32)40-24-38-2)34-28-16-8-6-14-26(28)20-21-30(34)25-12-4-3-5-13-25/h3-22H,23-24H2,1-2H3. The van der Waals surface area contributed by atoms with Crippen LogP contribution in [-0.2, 0) is 9.47 Å². The van der Waals surface area contributed by atoms with Gasteiger partial charge in [0.25, 0.3) is 0 Å². The van der Waals surface area contributed by atoms with Crippen LogP contribution in [0.15, 0.2) is 121 Å². The molecule has 0 bridgehead atoms. The highest BCUT2D eigenvalue weighted by molar-refractivity contribution is 6.14. The lowest BCUT2D eigenvalue weighted by molar-refractivity contribution is 0.0503. The molecule has 0 aliphatic carbocycles. The second-order valence-electron chi connectivity index (χ2n) is 9.52. The third-order valence-electron chi connectivity index (χ3n) is 7.10. The van der Waals surface area contributed by atoms with Crippen LogP contribution >= 0.6 is 0 Å². The van der Waals surface area contributed by atoms with Crippen LogP contribution in [0.2, 0.25) is 0 Å². The summed E-state index contributed by atoms with van der Waals surface area (Å²) in [6.07, 6.45) is 0. The summed E-state index contributed by atoms with van der Waals surface area (Å²) >= 11 is 0. The van der Waals surface area contributed by atoms with Gasteiger partial charge < -0.3 is 18.9 Å². The summed E-state index contributed by atoms with van der Waals surface area (Å²) in [4.78, 5) is 0. The molecular formula is C36H30O4. The normalized spacial score (nSPS) is 11.2.